The zero-order valence-corrected chi connectivity index (χ0v) is 20.5. The molecule has 0 spiro atoms. The number of benzene rings is 2. The minimum Gasteiger partial charge on any atom is -0.365 e. The largest absolute Gasteiger partial charge is 0.365 e. The van der Waals surface area contributed by atoms with Crippen LogP contribution in [-0.4, -0.2) is 48.3 Å². The lowest BCUT2D eigenvalue weighted by molar-refractivity contribution is -0.155. The number of carbonyl (C=O) groups excluding carboxylic acids is 3. The van der Waals surface area contributed by atoms with E-state index >= 15 is 0 Å². The van der Waals surface area contributed by atoms with Crippen LogP contribution in [-0.2, 0) is 30.4 Å². The minimum absolute atomic E-state index is 0.143. The van der Waals surface area contributed by atoms with E-state index in [2.05, 4.69) is 10.8 Å². The number of carbonyl (C=O) groups is 3. The average molecular weight is 474 g/mol. The predicted octanol–water partition coefficient (Wildman–Crippen LogP) is 2.51. The maximum Gasteiger partial charge on any atom is 0.273 e. The molecule has 3 amide bonds. The SMILES string of the molecule is CONC(=O)C(NC(=O)C(Cc1ccc2ccccc2c1)C(OC(C)C)C(=O)NO)C(C)(C)C. The normalized spacial score (nSPS) is 14.4. The van der Waals surface area contributed by atoms with Gasteiger partial charge in [0.1, 0.15) is 6.04 Å². The van der Waals surface area contributed by atoms with Crippen LogP contribution < -0.4 is 16.3 Å². The third-order valence-electron chi connectivity index (χ3n) is 5.38. The zero-order valence-electron chi connectivity index (χ0n) is 20.5. The fourth-order valence-corrected chi connectivity index (χ4v) is 3.74. The number of nitrogens with one attached hydrogen (secondary N) is 3. The van der Waals surface area contributed by atoms with E-state index in [9.17, 15) is 19.6 Å². The molecule has 9 nitrogen and oxygen atoms in total. The molecule has 0 heterocycles. The van der Waals surface area contributed by atoms with E-state index in [0.717, 1.165) is 16.3 Å². The van der Waals surface area contributed by atoms with Crippen LogP contribution in [0.2, 0.25) is 0 Å². The molecule has 9 heteroatoms. The molecule has 3 unspecified atom stereocenters. The van der Waals surface area contributed by atoms with Gasteiger partial charge >= 0.3 is 0 Å². The highest BCUT2D eigenvalue weighted by atomic mass is 16.6. The fourth-order valence-electron chi connectivity index (χ4n) is 3.74. The van der Waals surface area contributed by atoms with Crippen molar-refractivity contribution in [3.05, 3.63) is 48.0 Å². The Morgan fingerprint density at radius 3 is 2.18 bits per heavy atom. The summed E-state index contributed by atoms with van der Waals surface area (Å²) in [4.78, 5) is 43.4. The number of hydrogen-bond acceptors (Lipinski definition) is 6. The van der Waals surface area contributed by atoms with Crippen LogP contribution in [0.1, 0.15) is 40.2 Å². The lowest BCUT2D eigenvalue weighted by Gasteiger charge is -2.33. The lowest BCUT2D eigenvalue weighted by Crippen LogP contribution is -2.57. The summed E-state index contributed by atoms with van der Waals surface area (Å²) in [5.41, 5.74) is 4.01. The standard InChI is InChI=1S/C25H35N3O6/c1-15(2)34-20(23(30)27-32)19(14-16-11-12-17-9-7-8-10-18(17)13-16)22(29)26-21(25(3,4)5)24(31)28-33-6/h7-13,15,19-21,32H,14H2,1-6H3,(H,26,29)(H,27,30)(H,28,31). The Morgan fingerprint density at radius 1 is 0.971 bits per heavy atom. The Labute approximate surface area is 200 Å². The molecule has 0 bridgehead atoms. The summed E-state index contributed by atoms with van der Waals surface area (Å²) in [6.45, 7) is 8.86. The van der Waals surface area contributed by atoms with Gasteiger partial charge in [-0.05, 0) is 42.0 Å². The molecule has 34 heavy (non-hydrogen) atoms. The predicted molar refractivity (Wildman–Crippen MR) is 128 cm³/mol. The third kappa shape index (κ3) is 7.24. The second-order valence-corrected chi connectivity index (χ2v) is 9.55. The summed E-state index contributed by atoms with van der Waals surface area (Å²) in [6, 6.07) is 12.6. The maximum atomic E-state index is 13.5. The number of fused-ring (bicyclic) bond motifs is 1. The molecule has 186 valence electrons. The van der Waals surface area contributed by atoms with Crippen molar-refractivity contribution in [2.24, 2.45) is 11.3 Å². The summed E-state index contributed by atoms with van der Waals surface area (Å²) in [5.74, 6) is -2.96. The molecule has 0 aliphatic rings. The molecule has 0 aromatic heterocycles. The summed E-state index contributed by atoms with van der Waals surface area (Å²) in [6.07, 6.45) is -1.54. The third-order valence-corrected chi connectivity index (χ3v) is 5.38. The molecule has 0 aliphatic carbocycles. The van der Waals surface area contributed by atoms with E-state index in [4.69, 9.17) is 9.57 Å². The summed E-state index contributed by atoms with van der Waals surface area (Å²) < 4.78 is 5.76. The van der Waals surface area contributed by atoms with Gasteiger partial charge in [0, 0.05) is 0 Å². The van der Waals surface area contributed by atoms with Crippen molar-refractivity contribution in [1.82, 2.24) is 16.3 Å². The van der Waals surface area contributed by atoms with E-state index in [1.807, 2.05) is 42.5 Å². The molecule has 2 rings (SSSR count). The van der Waals surface area contributed by atoms with Gasteiger partial charge in [0.05, 0.1) is 19.1 Å². The van der Waals surface area contributed by atoms with Crippen molar-refractivity contribution >= 4 is 28.5 Å². The Morgan fingerprint density at radius 2 is 1.62 bits per heavy atom. The quantitative estimate of drug-likeness (QED) is 0.310. The van der Waals surface area contributed by atoms with Gasteiger partial charge < -0.3 is 10.1 Å². The minimum atomic E-state index is -1.29. The first-order valence-electron chi connectivity index (χ1n) is 11.2. The van der Waals surface area contributed by atoms with Crippen molar-refractivity contribution in [3.63, 3.8) is 0 Å². The molecule has 4 N–H and O–H groups in total. The Balaban J connectivity index is 2.45. The molecular formula is C25H35N3O6. The Hall–Kier alpha value is -3.01. The molecule has 3 atom stereocenters. The smallest absolute Gasteiger partial charge is 0.273 e. The number of rotatable bonds is 10. The first-order chi connectivity index (χ1) is 16.0. The van der Waals surface area contributed by atoms with Crippen LogP contribution in [0.25, 0.3) is 10.8 Å². The van der Waals surface area contributed by atoms with Crippen LogP contribution >= 0.6 is 0 Å². The van der Waals surface area contributed by atoms with Gasteiger partial charge in [-0.2, -0.15) is 0 Å². The van der Waals surface area contributed by atoms with E-state index in [1.165, 1.54) is 7.11 Å². The average Bonchev–Trinajstić information content (AvgIpc) is 2.78. The highest BCUT2D eigenvalue weighted by molar-refractivity contribution is 5.93. The molecule has 2 aromatic rings. The van der Waals surface area contributed by atoms with E-state index < -0.39 is 47.3 Å². The van der Waals surface area contributed by atoms with Gasteiger partial charge in [0.25, 0.3) is 11.8 Å². The fraction of sp³-hybridized carbons (Fsp3) is 0.480. The highest BCUT2D eigenvalue weighted by Crippen LogP contribution is 2.24. The first-order valence-corrected chi connectivity index (χ1v) is 11.2. The summed E-state index contributed by atoms with van der Waals surface area (Å²) in [5, 5.41) is 14.1. The van der Waals surface area contributed by atoms with Crippen molar-refractivity contribution in [2.45, 2.75) is 59.3 Å². The summed E-state index contributed by atoms with van der Waals surface area (Å²) in [7, 11) is 1.31. The molecule has 0 saturated carbocycles. The van der Waals surface area contributed by atoms with Crippen molar-refractivity contribution < 1.29 is 29.2 Å². The van der Waals surface area contributed by atoms with Crippen LogP contribution in [0.4, 0.5) is 0 Å². The van der Waals surface area contributed by atoms with Gasteiger partial charge in [0.2, 0.25) is 5.91 Å². The van der Waals surface area contributed by atoms with Gasteiger partial charge in [-0.25, -0.2) is 11.0 Å². The number of hydrogen-bond donors (Lipinski definition) is 4. The first kappa shape index (κ1) is 27.2. The van der Waals surface area contributed by atoms with Crippen LogP contribution in [0.15, 0.2) is 42.5 Å². The van der Waals surface area contributed by atoms with Gasteiger partial charge in [-0.15, -0.1) is 0 Å². The summed E-state index contributed by atoms with van der Waals surface area (Å²) >= 11 is 0. The van der Waals surface area contributed by atoms with Gasteiger partial charge in [-0.1, -0.05) is 63.2 Å². The zero-order chi connectivity index (χ0) is 25.5. The number of ether oxygens (including phenoxy) is 1. The topological polar surface area (TPSA) is 126 Å². The molecular weight excluding hydrogens is 438 g/mol. The highest BCUT2D eigenvalue weighted by Gasteiger charge is 2.40. The van der Waals surface area contributed by atoms with E-state index in [0.29, 0.717) is 0 Å². The molecule has 0 saturated heterocycles. The van der Waals surface area contributed by atoms with Crippen LogP contribution in [0.3, 0.4) is 0 Å². The molecule has 0 radical (unpaired) electrons. The van der Waals surface area contributed by atoms with Gasteiger partial charge in [-0.3, -0.25) is 24.4 Å². The monoisotopic (exact) mass is 473 g/mol. The van der Waals surface area contributed by atoms with E-state index in [-0.39, 0.29) is 6.42 Å². The van der Waals surface area contributed by atoms with Crippen LogP contribution in [0.5, 0.6) is 0 Å². The maximum absolute atomic E-state index is 13.5. The second-order valence-electron chi connectivity index (χ2n) is 9.55. The van der Waals surface area contributed by atoms with Crippen molar-refractivity contribution in [3.8, 4) is 0 Å². The molecule has 2 aromatic carbocycles. The number of hydroxylamine groups is 2. The second kappa shape index (κ2) is 11.9. The number of amides is 3. The lowest BCUT2D eigenvalue weighted by atomic mass is 9.84. The van der Waals surface area contributed by atoms with Crippen molar-refractivity contribution in [1.29, 1.82) is 0 Å². The molecule has 0 fully saturated rings. The van der Waals surface area contributed by atoms with E-state index in [1.54, 1.807) is 40.1 Å². The van der Waals surface area contributed by atoms with Crippen LogP contribution in [0, 0.1) is 11.3 Å². The van der Waals surface area contributed by atoms with Crippen molar-refractivity contribution in [2.75, 3.05) is 7.11 Å². The Kier molecular flexibility index (Phi) is 9.55. The van der Waals surface area contributed by atoms with Gasteiger partial charge in [0.15, 0.2) is 6.10 Å². The molecule has 0 aliphatic heterocycles. The Bertz CT molecular complexity index is 1000.